The molecule has 0 amide bonds. The van der Waals surface area contributed by atoms with E-state index in [9.17, 15) is 10.2 Å². The standard InChI is InChI=1S/C13H21NO2S/c1-11-3-8-17-12(11)9-14-6-2-4-13(16,10-15)5-7-14/h3,8,15-16H,2,4-7,9-10H2,1H3/t13-/m0/s1. The molecule has 3 nitrogen and oxygen atoms in total. The molecule has 1 saturated heterocycles. The second kappa shape index (κ2) is 5.48. The fraction of sp³-hybridized carbons (Fsp3) is 0.692. The lowest BCUT2D eigenvalue weighted by Crippen LogP contribution is -2.34. The molecule has 2 rings (SSSR count). The summed E-state index contributed by atoms with van der Waals surface area (Å²) < 4.78 is 0. The van der Waals surface area contributed by atoms with Crippen LogP contribution in [-0.4, -0.2) is 40.4 Å². The van der Waals surface area contributed by atoms with Crippen LogP contribution in [0.2, 0.25) is 0 Å². The van der Waals surface area contributed by atoms with E-state index in [1.165, 1.54) is 10.4 Å². The molecule has 96 valence electrons. The molecule has 0 radical (unpaired) electrons. The van der Waals surface area contributed by atoms with Gasteiger partial charge in [0.1, 0.15) is 0 Å². The number of hydrogen-bond acceptors (Lipinski definition) is 4. The van der Waals surface area contributed by atoms with E-state index in [1.807, 2.05) is 0 Å². The first kappa shape index (κ1) is 13.0. The Balaban J connectivity index is 1.93. The molecule has 1 atom stereocenters. The van der Waals surface area contributed by atoms with Gasteiger partial charge in [-0.2, -0.15) is 0 Å². The molecule has 2 N–H and O–H groups in total. The van der Waals surface area contributed by atoms with Crippen LogP contribution in [0.15, 0.2) is 11.4 Å². The molecule has 0 unspecified atom stereocenters. The number of aliphatic hydroxyl groups excluding tert-OH is 1. The van der Waals surface area contributed by atoms with Crippen molar-refractivity contribution >= 4 is 11.3 Å². The molecule has 0 spiro atoms. The maximum Gasteiger partial charge on any atom is 0.0890 e. The smallest absolute Gasteiger partial charge is 0.0890 e. The highest BCUT2D eigenvalue weighted by molar-refractivity contribution is 7.10. The van der Waals surface area contributed by atoms with Gasteiger partial charge in [0.05, 0.1) is 12.2 Å². The van der Waals surface area contributed by atoms with Crippen LogP contribution >= 0.6 is 11.3 Å². The van der Waals surface area contributed by atoms with Crippen molar-refractivity contribution in [3.63, 3.8) is 0 Å². The number of rotatable bonds is 3. The Kier molecular flexibility index (Phi) is 4.20. The van der Waals surface area contributed by atoms with Crippen molar-refractivity contribution in [3.05, 3.63) is 21.9 Å². The molecule has 1 aliphatic rings. The van der Waals surface area contributed by atoms with Crippen molar-refractivity contribution in [2.24, 2.45) is 0 Å². The quantitative estimate of drug-likeness (QED) is 0.865. The first-order valence-corrected chi connectivity index (χ1v) is 7.09. The highest BCUT2D eigenvalue weighted by atomic mass is 32.1. The zero-order chi connectivity index (χ0) is 12.3. The summed E-state index contributed by atoms with van der Waals surface area (Å²) in [6.45, 7) is 4.89. The summed E-state index contributed by atoms with van der Waals surface area (Å²) in [7, 11) is 0. The van der Waals surface area contributed by atoms with Gasteiger partial charge < -0.3 is 10.2 Å². The molecule has 0 bridgehead atoms. The Morgan fingerprint density at radius 1 is 1.41 bits per heavy atom. The van der Waals surface area contributed by atoms with Crippen LogP contribution in [0.1, 0.15) is 29.7 Å². The predicted molar refractivity (Wildman–Crippen MR) is 70.2 cm³/mol. The van der Waals surface area contributed by atoms with Gasteiger partial charge in [-0.05, 0) is 49.7 Å². The molecule has 17 heavy (non-hydrogen) atoms. The van der Waals surface area contributed by atoms with E-state index in [1.54, 1.807) is 11.3 Å². The summed E-state index contributed by atoms with van der Waals surface area (Å²) in [5.41, 5.74) is 0.510. The van der Waals surface area contributed by atoms with Crippen LogP contribution in [0.4, 0.5) is 0 Å². The van der Waals surface area contributed by atoms with E-state index < -0.39 is 5.60 Å². The molecule has 1 aliphatic heterocycles. The maximum atomic E-state index is 10.1. The molecular formula is C13H21NO2S. The molecule has 1 aromatic heterocycles. The van der Waals surface area contributed by atoms with Gasteiger partial charge in [0.2, 0.25) is 0 Å². The van der Waals surface area contributed by atoms with Crippen molar-refractivity contribution in [1.82, 2.24) is 4.90 Å². The Morgan fingerprint density at radius 3 is 2.88 bits per heavy atom. The first-order valence-electron chi connectivity index (χ1n) is 6.21. The molecule has 0 aromatic carbocycles. The maximum absolute atomic E-state index is 10.1. The van der Waals surface area contributed by atoms with Crippen LogP contribution in [0.25, 0.3) is 0 Å². The lowest BCUT2D eigenvalue weighted by Gasteiger charge is -2.24. The molecule has 2 heterocycles. The Morgan fingerprint density at radius 2 is 2.24 bits per heavy atom. The fourth-order valence-electron chi connectivity index (χ4n) is 2.32. The van der Waals surface area contributed by atoms with Crippen molar-refractivity contribution < 1.29 is 10.2 Å². The summed E-state index contributed by atoms with van der Waals surface area (Å²) in [5, 5.41) is 21.4. The van der Waals surface area contributed by atoms with Gasteiger partial charge in [0, 0.05) is 18.0 Å². The largest absolute Gasteiger partial charge is 0.393 e. The van der Waals surface area contributed by atoms with Crippen LogP contribution in [-0.2, 0) is 6.54 Å². The third kappa shape index (κ3) is 3.28. The average Bonchev–Trinajstić information content (AvgIpc) is 2.61. The summed E-state index contributed by atoms with van der Waals surface area (Å²) in [5.74, 6) is 0. The Hall–Kier alpha value is -0.420. The topological polar surface area (TPSA) is 43.7 Å². The second-order valence-corrected chi connectivity index (χ2v) is 6.04. The van der Waals surface area contributed by atoms with Gasteiger partial charge in [0.25, 0.3) is 0 Å². The van der Waals surface area contributed by atoms with E-state index in [0.717, 1.165) is 26.1 Å². The van der Waals surface area contributed by atoms with Crippen LogP contribution in [0, 0.1) is 6.92 Å². The zero-order valence-electron chi connectivity index (χ0n) is 10.4. The minimum Gasteiger partial charge on any atom is -0.393 e. The summed E-state index contributed by atoms with van der Waals surface area (Å²) in [6, 6.07) is 2.15. The normalized spacial score (nSPS) is 27.0. The predicted octanol–water partition coefficient (Wildman–Crippen LogP) is 1.77. The minimum atomic E-state index is -0.848. The molecule has 1 fully saturated rings. The lowest BCUT2D eigenvalue weighted by molar-refractivity contribution is -0.0255. The molecule has 4 heteroatoms. The average molecular weight is 255 g/mol. The summed E-state index contributed by atoms with van der Waals surface area (Å²) in [6.07, 6.45) is 2.35. The Labute approximate surface area is 107 Å². The van der Waals surface area contributed by atoms with Gasteiger partial charge in [-0.3, -0.25) is 4.90 Å². The van der Waals surface area contributed by atoms with Crippen molar-refractivity contribution in [2.75, 3.05) is 19.7 Å². The number of aryl methyl sites for hydroxylation is 1. The molecular weight excluding hydrogens is 234 g/mol. The number of aliphatic hydroxyl groups is 2. The number of hydrogen-bond donors (Lipinski definition) is 2. The third-order valence-corrected chi connectivity index (χ3v) is 4.65. The van der Waals surface area contributed by atoms with E-state index in [0.29, 0.717) is 12.8 Å². The highest BCUT2D eigenvalue weighted by Gasteiger charge is 2.29. The van der Waals surface area contributed by atoms with Gasteiger partial charge in [-0.15, -0.1) is 11.3 Å². The van der Waals surface area contributed by atoms with E-state index in [2.05, 4.69) is 23.3 Å². The number of thiophene rings is 1. The summed E-state index contributed by atoms with van der Waals surface area (Å²) in [4.78, 5) is 3.80. The molecule has 0 aliphatic carbocycles. The van der Waals surface area contributed by atoms with E-state index >= 15 is 0 Å². The van der Waals surface area contributed by atoms with Crippen LogP contribution in [0.5, 0.6) is 0 Å². The van der Waals surface area contributed by atoms with E-state index in [4.69, 9.17) is 0 Å². The SMILES string of the molecule is Cc1ccsc1CN1CCC[C@@](O)(CO)CC1. The minimum absolute atomic E-state index is 0.112. The van der Waals surface area contributed by atoms with Gasteiger partial charge in [-0.1, -0.05) is 0 Å². The summed E-state index contributed by atoms with van der Waals surface area (Å²) >= 11 is 1.80. The number of likely N-dealkylation sites (tertiary alicyclic amines) is 1. The third-order valence-electron chi connectivity index (χ3n) is 3.64. The first-order chi connectivity index (χ1) is 8.13. The van der Waals surface area contributed by atoms with Crippen molar-refractivity contribution in [3.8, 4) is 0 Å². The van der Waals surface area contributed by atoms with Gasteiger partial charge >= 0.3 is 0 Å². The fourth-order valence-corrected chi connectivity index (χ4v) is 3.27. The molecule has 0 saturated carbocycles. The lowest BCUT2D eigenvalue weighted by atomic mass is 9.96. The molecule has 1 aromatic rings. The Bertz CT molecular complexity index is 366. The zero-order valence-corrected chi connectivity index (χ0v) is 11.2. The van der Waals surface area contributed by atoms with Gasteiger partial charge in [0.15, 0.2) is 0 Å². The second-order valence-electron chi connectivity index (χ2n) is 5.04. The monoisotopic (exact) mass is 255 g/mol. The van der Waals surface area contributed by atoms with E-state index in [-0.39, 0.29) is 6.61 Å². The van der Waals surface area contributed by atoms with Crippen LogP contribution < -0.4 is 0 Å². The number of nitrogens with zero attached hydrogens (tertiary/aromatic N) is 1. The highest BCUT2D eigenvalue weighted by Crippen LogP contribution is 2.24. The van der Waals surface area contributed by atoms with Crippen molar-refractivity contribution in [2.45, 2.75) is 38.3 Å². The van der Waals surface area contributed by atoms with Gasteiger partial charge in [-0.25, -0.2) is 0 Å². The van der Waals surface area contributed by atoms with Crippen molar-refractivity contribution in [1.29, 1.82) is 0 Å². The van der Waals surface area contributed by atoms with Crippen LogP contribution in [0.3, 0.4) is 0 Å².